The molecule has 1 aromatic rings. The Morgan fingerprint density at radius 2 is 2.18 bits per heavy atom. The van der Waals surface area contributed by atoms with Crippen LogP contribution in [0.4, 0.5) is 0 Å². The monoisotopic (exact) mass is 232 g/mol. The van der Waals surface area contributed by atoms with E-state index in [1.165, 1.54) is 36.8 Å². The summed E-state index contributed by atoms with van der Waals surface area (Å²) in [6.45, 7) is 4.56. The lowest BCUT2D eigenvalue weighted by Crippen LogP contribution is -2.40. The number of fused-ring (bicyclic) bond motifs is 1. The lowest BCUT2D eigenvalue weighted by molar-refractivity contribution is 0.349. The molecule has 2 rings (SSSR count). The third kappa shape index (κ3) is 2.70. The summed E-state index contributed by atoms with van der Waals surface area (Å²) in [6, 6.07) is 9.24. The first-order valence-electron chi connectivity index (χ1n) is 6.80. The number of benzene rings is 1. The van der Waals surface area contributed by atoms with E-state index in [1.807, 2.05) is 0 Å². The van der Waals surface area contributed by atoms with Crippen molar-refractivity contribution in [3.8, 4) is 0 Å². The largest absolute Gasteiger partial charge is 0.271 e. The molecular weight excluding hydrogens is 208 g/mol. The van der Waals surface area contributed by atoms with Crippen LogP contribution in [-0.4, -0.2) is 6.04 Å². The van der Waals surface area contributed by atoms with E-state index in [0.29, 0.717) is 12.0 Å². The molecule has 94 valence electrons. The molecule has 0 aromatic heterocycles. The zero-order chi connectivity index (χ0) is 12.3. The van der Waals surface area contributed by atoms with Crippen LogP contribution in [0.1, 0.15) is 50.2 Å². The zero-order valence-corrected chi connectivity index (χ0v) is 10.9. The summed E-state index contributed by atoms with van der Waals surface area (Å²) in [5, 5.41) is 0. The topological polar surface area (TPSA) is 38.0 Å². The van der Waals surface area contributed by atoms with E-state index >= 15 is 0 Å². The smallest absolute Gasteiger partial charge is 0.0281 e. The van der Waals surface area contributed by atoms with Crippen molar-refractivity contribution >= 4 is 0 Å². The highest BCUT2D eigenvalue weighted by molar-refractivity contribution is 5.35. The van der Waals surface area contributed by atoms with E-state index in [-0.39, 0.29) is 0 Å². The molecule has 1 aliphatic rings. The molecule has 0 aliphatic heterocycles. The molecule has 1 aliphatic carbocycles. The molecule has 0 heterocycles. The maximum absolute atomic E-state index is 5.76. The normalized spacial score (nSPS) is 22.2. The Labute approximate surface area is 105 Å². The summed E-state index contributed by atoms with van der Waals surface area (Å²) in [5.74, 6) is 7.10. The predicted octanol–water partition coefficient (Wildman–Crippen LogP) is 2.98. The Hall–Kier alpha value is -0.860. The number of hydrazine groups is 1. The molecule has 3 N–H and O–H groups in total. The van der Waals surface area contributed by atoms with Crippen LogP contribution >= 0.6 is 0 Å². The Kier molecular flexibility index (Phi) is 4.19. The minimum atomic E-state index is 0.425. The van der Waals surface area contributed by atoms with Crippen LogP contribution in [0.3, 0.4) is 0 Å². The van der Waals surface area contributed by atoms with Crippen molar-refractivity contribution in [2.24, 2.45) is 11.8 Å². The average Bonchev–Trinajstić information content (AvgIpc) is 2.79. The Morgan fingerprint density at radius 3 is 2.88 bits per heavy atom. The molecule has 0 saturated heterocycles. The van der Waals surface area contributed by atoms with Gasteiger partial charge < -0.3 is 0 Å². The summed E-state index contributed by atoms with van der Waals surface area (Å²) in [4.78, 5) is 0. The van der Waals surface area contributed by atoms with Crippen LogP contribution in [-0.2, 0) is 6.42 Å². The minimum absolute atomic E-state index is 0.425. The first-order chi connectivity index (χ1) is 8.26. The molecule has 1 aromatic carbocycles. The van der Waals surface area contributed by atoms with Crippen LogP contribution in [0.25, 0.3) is 0 Å². The highest BCUT2D eigenvalue weighted by Crippen LogP contribution is 2.37. The molecule has 0 fully saturated rings. The summed E-state index contributed by atoms with van der Waals surface area (Å²) < 4.78 is 0. The highest BCUT2D eigenvalue weighted by Gasteiger charge is 2.29. The fourth-order valence-electron chi connectivity index (χ4n) is 2.96. The van der Waals surface area contributed by atoms with E-state index in [2.05, 4.69) is 43.5 Å². The van der Waals surface area contributed by atoms with Crippen LogP contribution < -0.4 is 11.3 Å². The summed E-state index contributed by atoms with van der Waals surface area (Å²) in [7, 11) is 0. The van der Waals surface area contributed by atoms with Crippen LogP contribution in [0.5, 0.6) is 0 Å². The van der Waals surface area contributed by atoms with Gasteiger partial charge in [-0.3, -0.25) is 11.3 Å². The fraction of sp³-hybridized carbons (Fsp3) is 0.600. The third-order valence-corrected chi connectivity index (χ3v) is 4.23. The average molecular weight is 232 g/mol. The Morgan fingerprint density at radius 1 is 1.41 bits per heavy atom. The van der Waals surface area contributed by atoms with Crippen LogP contribution in [0.2, 0.25) is 0 Å². The quantitative estimate of drug-likeness (QED) is 0.605. The SMILES string of the molecule is CCC(C)CC(NN)C1CCc2ccccc21. The fourth-order valence-corrected chi connectivity index (χ4v) is 2.96. The summed E-state index contributed by atoms with van der Waals surface area (Å²) in [5.41, 5.74) is 6.08. The van der Waals surface area contributed by atoms with Gasteiger partial charge in [0.1, 0.15) is 0 Å². The predicted molar refractivity (Wildman–Crippen MR) is 72.7 cm³/mol. The van der Waals surface area contributed by atoms with Gasteiger partial charge in [0.15, 0.2) is 0 Å². The lowest BCUT2D eigenvalue weighted by Gasteiger charge is -2.26. The molecule has 0 saturated carbocycles. The van der Waals surface area contributed by atoms with Crippen molar-refractivity contribution in [1.82, 2.24) is 5.43 Å². The first-order valence-corrected chi connectivity index (χ1v) is 6.80. The van der Waals surface area contributed by atoms with Gasteiger partial charge in [-0.15, -0.1) is 0 Å². The van der Waals surface area contributed by atoms with E-state index in [0.717, 1.165) is 5.92 Å². The molecular formula is C15H24N2. The van der Waals surface area contributed by atoms with E-state index in [1.54, 1.807) is 0 Å². The molecule has 0 radical (unpaired) electrons. The van der Waals surface area contributed by atoms with Crippen molar-refractivity contribution in [3.63, 3.8) is 0 Å². The molecule has 0 bridgehead atoms. The van der Waals surface area contributed by atoms with Gasteiger partial charge in [-0.05, 0) is 36.3 Å². The molecule has 3 unspecified atom stereocenters. The number of nitrogens with one attached hydrogen (secondary N) is 1. The Balaban J connectivity index is 2.12. The standard InChI is InChI=1S/C15H24N2/c1-3-11(2)10-15(17-16)14-9-8-12-6-4-5-7-13(12)14/h4-7,11,14-15,17H,3,8-10,16H2,1-2H3. The molecule has 0 spiro atoms. The maximum Gasteiger partial charge on any atom is 0.0281 e. The van der Waals surface area contributed by atoms with Gasteiger partial charge in [-0.25, -0.2) is 0 Å². The second-order valence-electron chi connectivity index (χ2n) is 5.37. The molecule has 3 atom stereocenters. The minimum Gasteiger partial charge on any atom is -0.271 e. The van der Waals surface area contributed by atoms with Crippen molar-refractivity contribution in [2.75, 3.05) is 0 Å². The maximum atomic E-state index is 5.76. The van der Waals surface area contributed by atoms with E-state index in [9.17, 15) is 0 Å². The summed E-state index contributed by atoms with van der Waals surface area (Å²) in [6.07, 6.45) is 4.85. The second kappa shape index (κ2) is 5.65. The number of hydrogen-bond donors (Lipinski definition) is 2. The third-order valence-electron chi connectivity index (χ3n) is 4.23. The molecule has 2 heteroatoms. The van der Waals surface area contributed by atoms with Gasteiger partial charge in [-0.1, -0.05) is 44.5 Å². The number of nitrogens with two attached hydrogens (primary N) is 1. The molecule has 0 amide bonds. The van der Waals surface area contributed by atoms with E-state index < -0.39 is 0 Å². The van der Waals surface area contributed by atoms with Crippen molar-refractivity contribution in [3.05, 3.63) is 35.4 Å². The van der Waals surface area contributed by atoms with Crippen molar-refractivity contribution in [1.29, 1.82) is 0 Å². The summed E-state index contributed by atoms with van der Waals surface area (Å²) >= 11 is 0. The van der Waals surface area contributed by atoms with E-state index in [4.69, 9.17) is 5.84 Å². The highest BCUT2D eigenvalue weighted by atomic mass is 15.2. The van der Waals surface area contributed by atoms with Gasteiger partial charge in [0.25, 0.3) is 0 Å². The van der Waals surface area contributed by atoms with Gasteiger partial charge in [0.2, 0.25) is 0 Å². The zero-order valence-electron chi connectivity index (χ0n) is 10.9. The molecule has 17 heavy (non-hydrogen) atoms. The number of rotatable bonds is 5. The van der Waals surface area contributed by atoms with Gasteiger partial charge in [0.05, 0.1) is 0 Å². The van der Waals surface area contributed by atoms with Crippen LogP contribution in [0.15, 0.2) is 24.3 Å². The van der Waals surface area contributed by atoms with Gasteiger partial charge in [0, 0.05) is 12.0 Å². The number of aryl methyl sites for hydroxylation is 1. The second-order valence-corrected chi connectivity index (χ2v) is 5.37. The van der Waals surface area contributed by atoms with Gasteiger partial charge >= 0.3 is 0 Å². The lowest BCUT2D eigenvalue weighted by atomic mass is 9.87. The number of hydrogen-bond acceptors (Lipinski definition) is 2. The van der Waals surface area contributed by atoms with Crippen molar-refractivity contribution < 1.29 is 0 Å². The van der Waals surface area contributed by atoms with Crippen molar-refractivity contribution in [2.45, 2.75) is 51.5 Å². The van der Waals surface area contributed by atoms with Gasteiger partial charge in [-0.2, -0.15) is 0 Å². The van der Waals surface area contributed by atoms with Crippen LogP contribution in [0, 0.1) is 5.92 Å². The first kappa shape index (κ1) is 12.6. The Bertz CT molecular complexity index is 362. The molecule has 2 nitrogen and oxygen atoms in total.